The first-order chi connectivity index (χ1) is 8.63. The fourth-order valence-electron chi connectivity index (χ4n) is 2.96. The summed E-state index contributed by atoms with van der Waals surface area (Å²) < 4.78 is 0. The zero-order valence-electron chi connectivity index (χ0n) is 12.6. The van der Waals surface area contributed by atoms with E-state index in [-0.39, 0.29) is 5.54 Å². The minimum Gasteiger partial charge on any atom is -0.341 e. The van der Waals surface area contributed by atoms with Gasteiger partial charge in [-0.2, -0.15) is 0 Å². The van der Waals surface area contributed by atoms with Crippen molar-refractivity contribution in [1.29, 1.82) is 0 Å². The molecule has 0 aromatic heterocycles. The van der Waals surface area contributed by atoms with Gasteiger partial charge in [-0.3, -0.25) is 4.79 Å². The fraction of sp³-hybridized carbons (Fsp3) is 0.933. The molecule has 1 saturated heterocycles. The average molecular weight is 254 g/mol. The van der Waals surface area contributed by atoms with Gasteiger partial charge in [-0.05, 0) is 38.6 Å². The summed E-state index contributed by atoms with van der Waals surface area (Å²) in [6.07, 6.45) is 5.36. The summed E-state index contributed by atoms with van der Waals surface area (Å²) in [5.41, 5.74) is -0.262. The predicted molar refractivity (Wildman–Crippen MR) is 76.6 cm³/mol. The Balaban J connectivity index is 2.71. The first-order valence-electron chi connectivity index (χ1n) is 7.67. The number of rotatable bonds is 7. The second-order valence-corrected chi connectivity index (χ2v) is 5.49. The van der Waals surface area contributed by atoms with Crippen LogP contribution >= 0.6 is 0 Å². The SMILES string of the molecule is CCC(CC)CN(CC)C(=O)C1(CC)CCCN1. The maximum absolute atomic E-state index is 12.8. The molecule has 18 heavy (non-hydrogen) atoms. The van der Waals surface area contributed by atoms with Crippen molar-refractivity contribution in [3.63, 3.8) is 0 Å². The highest BCUT2D eigenvalue weighted by molar-refractivity contribution is 5.86. The number of nitrogens with one attached hydrogen (secondary N) is 1. The van der Waals surface area contributed by atoms with Crippen molar-refractivity contribution in [3.8, 4) is 0 Å². The van der Waals surface area contributed by atoms with Crippen LogP contribution in [0.25, 0.3) is 0 Å². The molecule has 3 nitrogen and oxygen atoms in total. The molecule has 0 spiro atoms. The molecule has 0 aliphatic carbocycles. The van der Waals surface area contributed by atoms with E-state index < -0.39 is 0 Å². The Morgan fingerprint density at radius 3 is 2.33 bits per heavy atom. The van der Waals surface area contributed by atoms with Gasteiger partial charge in [0.15, 0.2) is 0 Å². The number of likely N-dealkylation sites (N-methyl/N-ethyl adjacent to an activating group) is 1. The molecule has 0 aromatic rings. The van der Waals surface area contributed by atoms with Gasteiger partial charge in [0.1, 0.15) is 0 Å². The Labute approximate surface area is 112 Å². The summed E-state index contributed by atoms with van der Waals surface area (Å²) in [7, 11) is 0. The lowest BCUT2D eigenvalue weighted by atomic mass is 9.91. The van der Waals surface area contributed by atoms with Crippen molar-refractivity contribution in [3.05, 3.63) is 0 Å². The van der Waals surface area contributed by atoms with Gasteiger partial charge in [0.25, 0.3) is 0 Å². The third-order valence-electron chi connectivity index (χ3n) is 4.56. The molecule has 0 aromatic carbocycles. The molecule has 1 aliphatic heterocycles. The molecule has 1 N–H and O–H groups in total. The molecule has 1 fully saturated rings. The van der Waals surface area contributed by atoms with Gasteiger partial charge in [0, 0.05) is 13.1 Å². The van der Waals surface area contributed by atoms with Crippen molar-refractivity contribution in [2.24, 2.45) is 5.92 Å². The van der Waals surface area contributed by atoms with Crippen LogP contribution in [0.2, 0.25) is 0 Å². The highest BCUT2D eigenvalue weighted by Gasteiger charge is 2.41. The molecule has 1 amide bonds. The molecule has 1 heterocycles. The Hall–Kier alpha value is -0.570. The standard InChI is InChI=1S/C15H30N2O/c1-5-13(6-2)12-17(8-4)14(18)15(7-3)10-9-11-16-15/h13,16H,5-12H2,1-4H3. The molecule has 106 valence electrons. The van der Waals surface area contributed by atoms with Gasteiger partial charge < -0.3 is 10.2 Å². The van der Waals surface area contributed by atoms with Crippen molar-refractivity contribution in [1.82, 2.24) is 10.2 Å². The molecule has 1 atom stereocenters. The number of hydrogen-bond acceptors (Lipinski definition) is 2. The predicted octanol–water partition coefficient (Wildman–Crippen LogP) is 2.80. The van der Waals surface area contributed by atoms with Crippen LogP contribution < -0.4 is 5.32 Å². The van der Waals surface area contributed by atoms with Crippen LogP contribution in [0.5, 0.6) is 0 Å². The van der Waals surface area contributed by atoms with Crippen LogP contribution in [0.15, 0.2) is 0 Å². The number of amides is 1. The maximum Gasteiger partial charge on any atom is 0.242 e. The summed E-state index contributed by atoms with van der Waals surface area (Å²) in [5, 5.41) is 3.45. The highest BCUT2D eigenvalue weighted by Crippen LogP contribution is 2.26. The van der Waals surface area contributed by atoms with Crippen molar-refractivity contribution in [2.45, 2.75) is 65.3 Å². The number of carbonyl (C=O) groups excluding carboxylic acids is 1. The normalized spacial score (nSPS) is 23.6. The lowest BCUT2D eigenvalue weighted by molar-refractivity contribution is -0.138. The summed E-state index contributed by atoms with van der Waals surface area (Å²) in [6, 6.07) is 0. The van der Waals surface area contributed by atoms with Gasteiger partial charge in [0.2, 0.25) is 5.91 Å². The minimum absolute atomic E-state index is 0.262. The smallest absolute Gasteiger partial charge is 0.242 e. The third kappa shape index (κ3) is 3.25. The van der Waals surface area contributed by atoms with E-state index in [4.69, 9.17) is 0 Å². The van der Waals surface area contributed by atoms with Gasteiger partial charge in [-0.1, -0.05) is 33.6 Å². The molecule has 0 radical (unpaired) electrons. The topological polar surface area (TPSA) is 32.3 Å². The molecular weight excluding hydrogens is 224 g/mol. The number of hydrogen-bond donors (Lipinski definition) is 1. The summed E-state index contributed by atoms with van der Waals surface area (Å²) >= 11 is 0. The molecule has 0 bridgehead atoms. The highest BCUT2D eigenvalue weighted by atomic mass is 16.2. The first kappa shape index (κ1) is 15.5. The van der Waals surface area contributed by atoms with E-state index in [1.165, 1.54) is 0 Å². The van der Waals surface area contributed by atoms with E-state index in [0.717, 1.165) is 51.7 Å². The van der Waals surface area contributed by atoms with Crippen LogP contribution in [0, 0.1) is 5.92 Å². The van der Waals surface area contributed by atoms with Crippen LogP contribution in [-0.2, 0) is 4.79 Å². The lowest BCUT2D eigenvalue weighted by Gasteiger charge is -2.35. The molecule has 1 unspecified atom stereocenters. The zero-order chi connectivity index (χ0) is 13.6. The van der Waals surface area contributed by atoms with Gasteiger partial charge in [0.05, 0.1) is 5.54 Å². The van der Waals surface area contributed by atoms with E-state index in [0.29, 0.717) is 11.8 Å². The van der Waals surface area contributed by atoms with E-state index in [9.17, 15) is 4.79 Å². The molecule has 0 saturated carbocycles. The van der Waals surface area contributed by atoms with E-state index >= 15 is 0 Å². The minimum atomic E-state index is -0.262. The third-order valence-corrected chi connectivity index (χ3v) is 4.56. The molecule has 1 rings (SSSR count). The van der Waals surface area contributed by atoms with Crippen LogP contribution in [0.4, 0.5) is 0 Å². The Kier molecular flexibility index (Phi) is 6.13. The second kappa shape index (κ2) is 7.13. The Bertz CT molecular complexity index is 255. The Morgan fingerprint density at radius 2 is 1.94 bits per heavy atom. The second-order valence-electron chi connectivity index (χ2n) is 5.49. The van der Waals surface area contributed by atoms with Gasteiger partial charge >= 0.3 is 0 Å². The number of nitrogens with zero attached hydrogens (tertiary/aromatic N) is 1. The molecule has 3 heteroatoms. The lowest BCUT2D eigenvalue weighted by Crippen LogP contribution is -2.55. The van der Waals surface area contributed by atoms with Crippen LogP contribution in [0.3, 0.4) is 0 Å². The van der Waals surface area contributed by atoms with Crippen LogP contribution in [0.1, 0.15) is 59.8 Å². The maximum atomic E-state index is 12.8. The van der Waals surface area contributed by atoms with Gasteiger partial charge in [-0.25, -0.2) is 0 Å². The first-order valence-corrected chi connectivity index (χ1v) is 7.67. The van der Waals surface area contributed by atoms with Crippen LogP contribution in [-0.4, -0.2) is 36.0 Å². The Morgan fingerprint density at radius 1 is 1.28 bits per heavy atom. The monoisotopic (exact) mass is 254 g/mol. The van der Waals surface area contributed by atoms with Gasteiger partial charge in [-0.15, -0.1) is 0 Å². The summed E-state index contributed by atoms with van der Waals surface area (Å²) in [6.45, 7) is 11.4. The van der Waals surface area contributed by atoms with E-state index in [2.05, 4.69) is 37.9 Å². The average Bonchev–Trinajstić information content (AvgIpc) is 2.89. The quantitative estimate of drug-likeness (QED) is 0.757. The largest absolute Gasteiger partial charge is 0.341 e. The summed E-state index contributed by atoms with van der Waals surface area (Å²) in [4.78, 5) is 14.8. The fourth-order valence-corrected chi connectivity index (χ4v) is 2.96. The molecule has 1 aliphatic rings. The van der Waals surface area contributed by atoms with Crippen molar-refractivity contribution in [2.75, 3.05) is 19.6 Å². The molecular formula is C15H30N2O. The van der Waals surface area contributed by atoms with E-state index in [1.807, 2.05) is 0 Å². The van der Waals surface area contributed by atoms with E-state index in [1.54, 1.807) is 0 Å². The zero-order valence-corrected chi connectivity index (χ0v) is 12.6. The van der Waals surface area contributed by atoms with Crippen molar-refractivity contribution < 1.29 is 4.79 Å². The van der Waals surface area contributed by atoms with Crippen molar-refractivity contribution >= 4 is 5.91 Å². The summed E-state index contributed by atoms with van der Waals surface area (Å²) in [5.74, 6) is 0.973. The number of carbonyl (C=O) groups is 1.